The minimum Gasteiger partial charge on any atom is -0.449 e. The summed E-state index contributed by atoms with van der Waals surface area (Å²) >= 11 is 12.0. The smallest absolute Gasteiger partial charge is 0.304 e. The highest BCUT2D eigenvalue weighted by Crippen LogP contribution is 2.31. The van der Waals surface area contributed by atoms with E-state index in [1.807, 2.05) is 0 Å². The van der Waals surface area contributed by atoms with Crippen molar-refractivity contribution in [1.82, 2.24) is 0 Å². The summed E-state index contributed by atoms with van der Waals surface area (Å²) in [7, 11) is -0.212. The van der Waals surface area contributed by atoms with Crippen molar-refractivity contribution >= 4 is 48.0 Å². The van der Waals surface area contributed by atoms with Crippen molar-refractivity contribution < 1.29 is 14.6 Å². The number of carbonyl (C=O) groups is 1. The Labute approximate surface area is 133 Å². The highest BCUT2D eigenvalue weighted by Gasteiger charge is 2.15. The largest absolute Gasteiger partial charge is 0.449 e. The van der Waals surface area contributed by atoms with Gasteiger partial charge in [-0.3, -0.25) is 10.2 Å². The molecular weight excluding hydrogens is 314 g/mol. The Morgan fingerprint density at radius 3 is 2.33 bits per heavy atom. The van der Waals surface area contributed by atoms with Gasteiger partial charge in [0.25, 0.3) is 0 Å². The van der Waals surface area contributed by atoms with Crippen molar-refractivity contribution in [2.45, 2.75) is 13.8 Å². The van der Waals surface area contributed by atoms with Crippen LogP contribution in [0.2, 0.25) is 10.0 Å². The van der Waals surface area contributed by atoms with Crippen LogP contribution < -0.4 is 15.9 Å². The molecule has 0 atom stereocenters. The van der Waals surface area contributed by atoms with Crippen LogP contribution in [0.1, 0.15) is 13.8 Å². The molecule has 5 nitrogen and oxygen atoms in total. The van der Waals surface area contributed by atoms with Gasteiger partial charge in [0.2, 0.25) is 11.8 Å². The first-order valence-electron chi connectivity index (χ1n) is 6.12. The average Bonchev–Trinajstić information content (AvgIpc) is 2.39. The number of primary amides is 1. The lowest BCUT2D eigenvalue weighted by molar-refractivity contribution is -0.115. The Bertz CT molecular complexity index is 580. The van der Waals surface area contributed by atoms with Crippen LogP contribution in [-0.4, -0.2) is 24.3 Å². The molecular formula is C13H15BCl2N2O3. The molecule has 8 heteroatoms. The Hall–Kier alpha value is -1.50. The number of rotatable bonds is 5. The Balaban J connectivity index is 3.04. The normalized spacial score (nSPS) is 11.4. The third-order valence-electron chi connectivity index (χ3n) is 2.65. The van der Waals surface area contributed by atoms with Crippen molar-refractivity contribution in [3.05, 3.63) is 33.8 Å². The molecule has 0 aromatic heterocycles. The summed E-state index contributed by atoms with van der Waals surface area (Å²) in [6, 6.07) is 2.97. The number of nitrogens with one attached hydrogen (secondary N) is 1. The maximum atomic E-state index is 11.3. The topological polar surface area (TPSA) is 96.4 Å². The Morgan fingerprint density at radius 2 is 1.95 bits per heavy atom. The van der Waals surface area contributed by atoms with Crippen molar-refractivity contribution in [3.63, 3.8) is 0 Å². The van der Waals surface area contributed by atoms with Gasteiger partial charge in [-0.1, -0.05) is 37.0 Å². The summed E-state index contributed by atoms with van der Waals surface area (Å²) < 4.78 is 5.26. The second-order valence-corrected chi connectivity index (χ2v) is 5.45. The first-order valence-corrected chi connectivity index (χ1v) is 6.88. The van der Waals surface area contributed by atoms with Gasteiger partial charge in [0.1, 0.15) is 0 Å². The van der Waals surface area contributed by atoms with Crippen LogP contribution in [0, 0.1) is 11.3 Å². The lowest BCUT2D eigenvalue weighted by Crippen LogP contribution is -2.20. The fraction of sp³-hybridized carbons (Fsp3) is 0.231. The maximum absolute atomic E-state index is 11.3. The van der Waals surface area contributed by atoms with Gasteiger partial charge in [-0.25, -0.2) is 0 Å². The monoisotopic (exact) mass is 328 g/mol. The van der Waals surface area contributed by atoms with E-state index in [4.69, 9.17) is 44.1 Å². The van der Waals surface area contributed by atoms with Gasteiger partial charge in [0.05, 0.1) is 10.0 Å². The first-order chi connectivity index (χ1) is 9.76. The van der Waals surface area contributed by atoms with Gasteiger partial charge in [-0.15, -0.1) is 0 Å². The van der Waals surface area contributed by atoms with E-state index >= 15 is 0 Å². The van der Waals surface area contributed by atoms with E-state index in [0.29, 0.717) is 5.46 Å². The summed E-state index contributed by atoms with van der Waals surface area (Å²) in [6.07, 6.45) is 1.24. The van der Waals surface area contributed by atoms with Crippen LogP contribution in [0.5, 0.6) is 5.75 Å². The molecule has 0 radical (unpaired) electrons. The molecule has 0 spiro atoms. The lowest BCUT2D eigenvalue weighted by Gasteiger charge is -2.11. The zero-order valence-corrected chi connectivity index (χ0v) is 13.1. The van der Waals surface area contributed by atoms with Crippen LogP contribution >= 0.6 is 23.2 Å². The molecule has 0 bridgehead atoms. The van der Waals surface area contributed by atoms with E-state index in [1.165, 1.54) is 18.2 Å². The summed E-state index contributed by atoms with van der Waals surface area (Å²) in [6.45, 7) is 3.56. The van der Waals surface area contributed by atoms with Crippen LogP contribution in [0.4, 0.5) is 0 Å². The molecule has 4 N–H and O–H groups in total. The Kier molecular flexibility index (Phi) is 6.27. The van der Waals surface area contributed by atoms with Crippen LogP contribution in [0.15, 0.2) is 23.8 Å². The number of halogens is 2. The zero-order chi connectivity index (χ0) is 16.2. The minimum atomic E-state index is -0.619. The average molecular weight is 329 g/mol. The number of hydrogen-bond acceptors (Lipinski definition) is 4. The minimum absolute atomic E-state index is 0.0874. The molecule has 0 aliphatic carbocycles. The second-order valence-electron chi connectivity index (χ2n) is 4.63. The fourth-order valence-corrected chi connectivity index (χ4v) is 2.21. The summed E-state index contributed by atoms with van der Waals surface area (Å²) in [5, 5.41) is 17.1. The summed E-state index contributed by atoms with van der Waals surface area (Å²) in [5.41, 5.74) is 6.03. The van der Waals surface area contributed by atoms with Crippen molar-refractivity contribution in [2.75, 3.05) is 0 Å². The van der Waals surface area contributed by atoms with E-state index in [2.05, 4.69) is 0 Å². The summed E-state index contributed by atoms with van der Waals surface area (Å²) in [4.78, 5) is 11.3. The van der Waals surface area contributed by atoms with Crippen molar-refractivity contribution in [2.24, 2.45) is 11.7 Å². The third-order valence-corrected chi connectivity index (χ3v) is 3.21. The predicted molar refractivity (Wildman–Crippen MR) is 85.9 cm³/mol. The van der Waals surface area contributed by atoms with Gasteiger partial charge in [0, 0.05) is 11.6 Å². The molecule has 112 valence electrons. The van der Waals surface area contributed by atoms with E-state index in [0.717, 1.165) is 0 Å². The second kappa shape index (κ2) is 7.50. The lowest BCUT2D eigenvalue weighted by atomic mass is 9.89. The van der Waals surface area contributed by atoms with E-state index in [9.17, 15) is 4.79 Å². The number of benzene rings is 1. The predicted octanol–water partition coefficient (Wildman–Crippen LogP) is 1.39. The zero-order valence-electron chi connectivity index (χ0n) is 11.6. The van der Waals surface area contributed by atoms with Gasteiger partial charge in [-0.2, -0.15) is 0 Å². The molecule has 0 saturated heterocycles. The molecule has 1 amide bonds. The van der Waals surface area contributed by atoms with Gasteiger partial charge < -0.3 is 15.5 Å². The Morgan fingerprint density at radius 1 is 1.43 bits per heavy atom. The van der Waals surface area contributed by atoms with E-state index in [1.54, 1.807) is 13.8 Å². The van der Waals surface area contributed by atoms with Gasteiger partial charge >= 0.3 is 7.48 Å². The highest BCUT2D eigenvalue weighted by atomic mass is 35.5. The molecule has 1 aromatic rings. The van der Waals surface area contributed by atoms with Crippen LogP contribution in [0.25, 0.3) is 0 Å². The molecule has 1 rings (SSSR count). The molecule has 0 heterocycles. The third kappa shape index (κ3) is 4.77. The molecule has 0 unspecified atom stereocenters. The van der Waals surface area contributed by atoms with Crippen LogP contribution in [-0.2, 0) is 4.79 Å². The molecule has 1 aromatic carbocycles. The molecule has 0 aliphatic heterocycles. The molecule has 0 fully saturated rings. The SMILES string of the molecule is CC(C)/C(=C/C(=N)Oc1c(Cl)cc(BO)cc1Cl)C(N)=O. The number of ether oxygens (including phenoxy) is 1. The number of amides is 1. The highest BCUT2D eigenvalue weighted by molar-refractivity contribution is 6.48. The fourth-order valence-electron chi connectivity index (χ4n) is 1.60. The van der Waals surface area contributed by atoms with E-state index < -0.39 is 5.91 Å². The first kappa shape index (κ1) is 17.6. The molecule has 0 aliphatic rings. The standard InChI is InChI=1S/C13H15BCl2N2O3/c1-6(2)8(13(18)19)5-11(17)21-12-9(15)3-7(14-20)4-10(12)16/h3-6,14,17,20H,1-2H3,(H2,18,19)/b8-5-,17-11?. The van der Waals surface area contributed by atoms with Gasteiger partial charge in [0.15, 0.2) is 5.75 Å². The van der Waals surface area contributed by atoms with Crippen LogP contribution in [0.3, 0.4) is 0 Å². The quantitative estimate of drug-likeness (QED) is 0.330. The van der Waals surface area contributed by atoms with Gasteiger partial charge in [-0.05, 0) is 23.5 Å². The molecule has 0 saturated carbocycles. The number of hydrogen-bond donors (Lipinski definition) is 3. The number of nitrogens with two attached hydrogens (primary N) is 1. The molecule has 21 heavy (non-hydrogen) atoms. The summed E-state index contributed by atoms with van der Waals surface area (Å²) in [5.74, 6) is -0.984. The maximum Gasteiger partial charge on any atom is 0.304 e. The van der Waals surface area contributed by atoms with E-state index in [-0.39, 0.29) is 40.7 Å². The van der Waals surface area contributed by atoms with Crippen molar-refractivity contribution in [1.29, 1.82) is 5.41 Å². The number of carbonyl (C=O) groups excluding carboxylic acids is 1. The van der Waals surface area contributed by atoms with Crippen molar-refractivity contribution in [3.8, 4) is 5.75 Å².